The molecule has 1 aliphatic rings. The zero-order valence-electron chi connectivity index (χ0n) is 15.8. The maximum atomic E-state index is 12.7. The van der Waals surface area contributed by atoms with E-state index in [-0.39, 0.29) is 11.5 Å². The number of hydrogen-bond donors (Lipinski definition) is 0. The Hall–Kier alpha value is -3.74. The quantitative estimate of drug-likeness (QED) is 0.378. The van der Waals surface area contributed by atoms with Crippen molar-refractivity contribution in [2.75, 3.05) is 36.0 Å². The van der Waals surface area contributed by atoms with E-state index >= 15 is 0 Å². The Kier molecular flexibility index (Phi) is 5.20. The number of nitrogens with zero attached hydrogens (tertiary/aromatic N) is 4. The maximum Gasteiger partial charge on any atom is 0.293 e. The van der Waals surface area contributed by atoms with Crippen LogP contribution in [0.15, 0.2) is 72.9 Å². The van der Waals surface area contributed by atoms with Gasteiger partial charge in [-0.1, -0.05) is 36.4 Å². The van der Waals surface area contributed by atoms with Crippen LogP contribution in [0.5, 0.6) is 0 Å². The maximum absolute atomic E-state index is 12.7. The van der Waals surface area contributed by atoms with Crippen LogP contribution in [0.2, 0.25) is 0 Å². The normalized spacial score (nSPS) is 13.9. The molecule has 0 aliphatic carbocycles. The summed E-state index contributed by atoms with van der Waals surface area (Å²) >= 11 is 0. The number of hydrogen-bond acceptors (Lipinski definition) is 6. The Morgan fingerprint density at radius 3 is 2.21 bits per heavy atom. The van der Waals surface area contributed by atoms with Gasteiger partial charge in [0.15, 0.2) is 5.78 Å². The molecule has 29 heavy (non-hydrogen) atoms. The van der Waals surface area contributed by atoms with Gasteiger partial charge in [0.2, 0.25) is 0 Å². The van der Waals surface area contributed by atoms with Gasteiger partial charge in [0.25, 0.3) is 5.69 Å². The first kappa shape index (κ1) is 18.6. The summed E-state index contributed by atoms with van der Waals surface area (Å²) in [6.45, 7) is 2.73. The number of carbonyl (C=O) groups excluding carboxylic acids is 1. The third-order valence-corrected chi connectivity index (χ3v) is 5.06. The lowest BCUT2D eigenvalue weighted by atomic mass is 10.0. The van der Waals surface area contributed by atoms with E-state index in [4.69, 9.17) is 0 Å². The molecule has 146 valence electrons. The van der Waals surface area contributed by atoms with Crippen LogP contribution < -0.4 is 9.80 Å². The molecule has 0 radical (unpaired) electrons. The van der Waals surface area contributed by atoms with Crippen LogP contribution in [0.25, 0.3) is 0 Å². The number of anilines is 2. The Balaban J connectivity index is 1.55. The van der Waals surface area contributed by atoms with Crippen molar-refractivity contribution in [1.82, 2.24) is 4.98 Å². The molecule has 1 aliphatic heterocycles. The first-order chi connectivity index (χ1) is 14.1. The Bertz CT molecular complexity index is 1020. The fourth-order valence-electron chi connectivity index (χ4n) is 3.55. The highest BCUT2D eigenvalue weighted by Crippen LogP contribution is 2.31. The monoisotopic (exact) mass is 388 g/mol. The molecular formula is C22H20N4O3. The van der Waals surface area contributed by atoms with Crippen LogP contribution in [0.3, 0.4) is 0 Å². The summed E-state index contributed by atoms with van der Waals surface area (Å²) in [5.74, 6) is 0.686. The molecule has 1 aromatic heterocycles. The lowest BCUT2D eigenvalue weighted by Gasteiger charge is -2.36. The van der Waals surface area contributed by atoms with E-state index in [1.54, 1.807) is 42.6 Å². The molecule has 3 aromatic rings. The molecule has 2 aromatic carbocycles. The summed E-state index contributed by atoms with van der Waals surface area (Å²) in [6.07, 6.45) is 1.76. The van der Waals surface area contributed by atoms with Crippen molar-refractivity contribution in [3.63, 3.8) is 0 Å². The molecule has 0 atom stereocenters. The highest BCUT2D eigenvalue weighted by molar-refractivity contribution is 6.09. The second-order valence-electron chi connectivity index (χ2n) is 6.82. The number of ketones is 1. The van der Waals surface area contributed by atoms with Gasteiger partial charge in [-0.15, -0.1) is 0 Å². The molecule has 0 saturated carbocycles. The summed E-state index contributed by atoms with van der Waals surface area (Å²) < 4.78 is 0. The summed E-state index contributed by atoms with van der Waals surface area (Å²) in [7, 11) is 0. The van der Waals surface area contributed by atoms with Gasteiger partial charge in [-0.05, 0) is 24.3 Å². The first-order valence-corrected chi connectivity index (χ1v) is 9.42. The van der Waals surface area contributed by atoms with Crippen LogP contribution in [0.1, 0.15) is 15.9 Å². The SMILES string of the molecule is O=C(c1ccccc1)c1ccc(N2CCN(c3ccccn3)CC2)c([N+](=O)[O-])c1. The van der Waals surface area contributed by atoms with Crippen LogP contribution >= 0.6 is 0 Å². The topological polar surface area (TPSA) is 79.6 Å². The molecule has 0 N–H and O–H groups in total. The van der Waals surface area contributed by atoms with Crippen LogP contribution in [0, 0.1) is 10.1 Å². The van der Waals surface area contributed by atoms with Gasteiger partial charge >= 0.3 is 0 Å². The van der Waals surface area contributed by atoms with E-state index in [9.17, 15) is 14.9 Å². The zero-order valence-corrected chi connectivity index (χ0v) is 15.8. The molecule has 0 unspecified atom stereocenters. The largest absolute Gasteiger partial charge is 0.362 e. The van der Waals surface area contributed by atoms with Gasteiger partial charge in [0.05, 0.1) is 4.92 Å². The molecule has 0 spiro atoms. The van der Waals surface area contributed by atoms with Gasteiger partial charge in [-0.25, -0.2) is 4.98 Å². The third kappa shape index (κ3) is 3.94. The number of piperazine rings is 1. The standard InChI is InChI=1S/C22H20N4O3/c27-22(17-6-2-1-3-7-17)18-9-10-19(20(16-18)26(28)29)24-12-14-25(15-13-24)21-8-4-5-11-23-21/h1-11,16H,12-15H2. The fraction of sp³-hybridized carbons (Fsp3) is 0.182. The summed E-state index contributed by atoms with van der Waals surface area (Å²) in [5.41, 5.74) is 1.33. The predicted octanol–water partition coefficient (Wildman–Crippen LogP) is 3.55. The van der Waals surface area contributed by atoms with Gasteiger partial charge in [-0.2, -0.15) is 0 Å². The first-order valence-electron chi connectivity index (χ1n) is 9.42. The van der Waals surface area contributed by atoms with Crippen molar-refractivity contribution in [2.24, 2.45) is 0 Å². The fourth-order valence-corrected chi connectivity index (χ4v) is 3.55. The number of nitro benzene ring substituents is 1. The molecular weight excluding hydrogens is 368 g/mol. The minimum Gasteiger partial charge on any atom is -0.362 e. The summed E-state index contributed by atoms with van der Waals surface area (Å²) in [6, 6.07) is 19.3. The number of benzene rings is 2. The Morgan fingerprint density at radius 1 is 0.862 bits per heavy atom. The molecule has 2 heterocycles. The van der Waals surface area contributed by atoms with Crippen molar-refractivity contribution in [1.29, 1.82) is 0 Å². The average molecular weight is 388 g/mol. The molecule has 4 rings (SSSR count). The van der Waals surface area contributed by atoms with Crippen LogP contribution in [-0.4, -0.2) is 41.9 Å². The van der Waals surface area contributed by atoms with Crippen molar-refractivity contribution < 1.29 is 9.72 Å². The van der Waals surface area contributed by atoms with Crippen molar-refractivity contribution >= 4 is 23.0 Å². The number of pyridine rings is 1. The molecule has 0 amide bonds. The van der Waals surface area contributed by atoms with Gasteiger partial charge in [-0.3, -0.25) is 14.9 Å². The Labute approximate surface area is 168 Å². The van der Waals surface area contributed by atoms with E-state index in [1.807, 2.05) is 29.2 Å². The molecule has 1 fully saturated rings. The van der Waals surface area contributed by atoms with Gasteiger partial charge in [0.1, 0.15) is 11.5 Å². The number of aromatic nitrogens is 1. The van der Waals surface area contributed by atoms with E-state index in [2.05, 4.69) is 9.88 Å². The molecule has 1 saturated heterocycles. The lowest BCUT2D eigenvalue weighted by Crippen LogP contribution is -2.47. The second kappa shape index (κ2) is 8.10. The highest BCUT2D eigenvalue weighted by atomic mass is 16.6. The number of carbonyl (C=O) groups is 1. The van der Waals surface area contributed by atoms with Crippen LogP contribution in [-0.2, 0) is 0 Å². The molecule has 7 heteroatoms. The average Bonchev–Trinajstić information content (AvgIpc) is 2.79. The minimum absolute atomic E-state index is 0.0435. The van der Waals surface area contributed by atoms with Crippen molar-refractivity contribution in [3.8, 4) is 0 Å². The zero-order chi connectivity index (χ0) is 20.2. The van der Waals surface area contributed by atoms with E-state index < -0.39 is 4.92 Å². The van der Waals surface area contributed by atoms with Crippen molar-refractivity contribution in [3.05, 3.63) is 94.2 Å². The minimum atomic E-state index is -0.414. The van der Waals surface area contributed by atoms with Gasteiger partial charge in [0, 0.05) is 49.6 Å². The third-order valence-electron chi connectivity index (χ3n) is 5.06. The molecule has 7 nitrogen and oxygen atoms in total. The van der Waals surface area contributed by atoms with E-state index in [0.29, 0.717) is 29.9 Å². The highest BCUT2D eigenvalue weighted by Gasteiger charge is 2.25. The molecule has 0 bridgehead atoms. The number of nitro groups is 1. The lowest BCUT2D eigenvalue weighted by molar-refractivity contribution is -0.384. The van der Waals surface area contributed by atoms with E-state index in [0.717, 1.165) is 18.9 Å². The van der Waals surface area contributed by atoms with E-state index in [1.165, 1.54) is 6.07 Å². The number of rotatable bonds is 5. The summed E-state index contributed by atoms with van der Waals surface area (Å²) in [4.78, 5) is 32.5. The Morgan fingerprint density at radius 2 is 1.55 bits per heavy atom. The van der Waals surface area contributed by atoms with Crippen molar-refractivity contribution in [2.45, 2.75) is 0 Å². The smallest absolute Gasteiger partial charge is 0.293 e. The summed E-state index contributed by atoms with van der Waals surface area (Å²) in [5, 5.41) is 11.7. The van der Waals surface area contributed by atoms with Gasteiger partial charge < -0.3 is 9.80 Å². The second-order valence-corrected chi connectivity index (χ2v) is 6.82. The van der Waals surface area contributed by atoms with Crippen LogP contribution in [0.4, 0.5) is 17.2 Å². The predicted molar refractivity (Wildman–Crippen MR) is 112 cm³/mol.